The van der Waals surface area contributed by atoms with Gasteiger partial charge in [0.1, 0.15) is 11.1 Å². The summed E-state index contributed by atoms with van der Waals surface area (Å²) in [5.74, 6) is 0.191. The molecule has 1 saturated heterocycles. The molecule has 1 fully saturated rings. The maximum atomic E-state index is 13.4. The van der Waals surface area contributed by atoms with Crippen LogP contribution in [-0.4, -0.2) is 56.7 Å². The average Bonchev–Trinajstić information content (AvgIpc) is 2.59. The highest BCUT2D eigenvalue weighted by Crippen LogP contribution is 2.37. The molecule has 31 heavy (non-hydrogen) atoms. The van der Waals surface area contributed by atoms with Crippen LogP contribution in [0.1, 0.15) is 40.3 Å². The Balaban J connectivity index is 2.01. The van der Waals surface area contributed by atoms with Gasteiger partial charge in [0, 0.05) is 25.2 Å². The Kier molecular flexibility index (Phi) is 6.31. The molecule has 3 rings (SSSR count). The van der Waals surface area contributed by atoms with Gasteiger partial charge in [-0.25, -0.2) is 14.8 Å². The molecule has 3 heterocycles. The van der Waals surface area contributed by atoms with Crippen LogP contribution in [0.5, 0.6) is 0 Å². The van der Waals surface area contributed by atoms with E-state index in [0.717, 1.165) is 0 Å². The fourth-order valence-electron chi connectivity index (χ4n) is 3.39. The molecule has 0 bridgehead atoms. The van der Waals surface area contributed by atoms with E-state index in [0.29, 0.717) is 13.1 Å². The summed E-state index contributed by atoms with van der Waals surface area (Å²) >= 11 is 8.97. The van der Waals surface area contributed by atoms with Crippen LogP contribution >= 0.6 is 27.5 Å². The van der Waals surface area contributed by atoms with Gasteiger partial charge in [0.2, 0.25) is 5.28 Å². The number of hydrogen-bond acceptors (Lipinski definition) is 6. The quantitative estimate of drug-likeness (QED) is 0.472. The second kappa shape index (κ2) is 8.23. The minimum Gasteiger partial charge on any atom is -0.444 e. The monoisotopic (exact) mass is 523 g/mol. The van der Waals surface area contributed by atoms with Crippen molar-refractivity contribution in [3.63, 3.8) is 0 Å². The van der Waals surface area contributed by atoms with Crippen molar-refractivity contribution in [3.05, 3.63) is 21.5 Å². The van der Waals surface area contributed by atoms with Crippen molar-refractivity contribution in [2.45, 2.75) is 58.5 Å². The average molecular weight is 525 g/mol. The molecule has 2 atom stereocenters. The Hall–Kier alpha value is -1.88. The van der Waals surface area contributed by atoms with Gasteiger partial charge < -0.3 is 14.5 Å². The van der Waals surface area contributed by atoms with E-state index in [-0.39, 0.29) is 38.7 Å². The van der Waals surface area contributed by atoms with Gasteiger partial charge >= 0.3 is 12.3 Å². The fourth-order valence-corrected chi connectivity index (χ4v) is 4.09. The predicted octanol–water partition coefficient (Wildman–Crippen LogP) is 5.29. The third-order valence-electron chi connectivity index (χ3n) is 4.73. The molecular weight excluding hydrogens is 503 g/mol. The van der Waals surface area contributed by atoms with Gasteiger partial charge in [0.05, 0.1) is 9.99 Å². The number of nitrogens with zero attached hydrogens (tertiary/aromatic N) is 5. The Labute approximate surface area is 191 Å². The van der Waals surface area contributed by atoms with Gasteiger partial charge in [0.25, 0.3) is 0 Å². The van der Waals surface area contributed by atoms with Gasteiger partial charge in [-0.1, -0.05) is 0 Å². The lowest BCUT2D eigenvalue weighted by Crippen LogP contribution is -2.59. The van der Waals surface area contributed by atoms with Crippen molar-refractivity contribution >= 4 is 50.5 Å². The first-order chi connectivity index (χ1) is 14.2. The molecule has 0 aliphatic carbocycles. The van der Waals surface area contributed by atoms with E-state index >= 15 is 0 Å². The lowest BCUT2D eigenvalue weighted by molar-refractivity contribution is -0.141. The number of pyridine rings is 1. The van der Waals surface area contributed by atoms with Crippen molar-refractivity contribution < 1.29 is 22.7 Å². The number of rotatable bonds is 1. The van der Waals surface area contributed by atoms with Crippen molar-refractivity contribution in [2.75, 3.05) is 18.0 Å². The summed E-state index contributed by atoms with van der Waals surface area (Å²) < 4.78 is 45.5. The van der Waals surface area contributed by atoms with Gasteiger partial charge in [-0.15, -0.1) is 0 Å². The number of alkyl halides is 3. The first-order valence-electron chi connectivity index (χ1n) is 9.54. The summed E-state index contributed by atoms with van der Waals surface area (Å²) in [6.45, 7) is 9.63. The Morgan fingerprint density at radius 1 is 1.16 bits per heavy atom. The molecule has 12 heteroatoms. The van der Waals surface area contributed by atoms with E-state index in [9.17, 15) is 18.0 Å². The minimum atomic E-state index is -4.65. The van der Waals surface area contributed by atoms with Crippen LogP contribution in [0.3, 0.4) is 0 Å². The van der Waals surface area contributed by atoms with Crippen molar-refractivity contribution in [1.29, 1.82) is 0 Å². The van der Waals surface area contributed by atoms with Crippen LogP contribution in [0.25, 0.3) is 11.0 Å². The number of carbonyl (C=O) groups excluding carboxylic acids is 1. The number of anilines is 1. The zero-order valence-electron chi connectivity index (χ0n) is 17.6. The number of ether oxygens (including phenoxy) is 1. The van der Waals surface area contributed by atoms with E-state index in [2.05, 4.69) is 30.9 Å². The van der Waals surface area contributed by atoms with Crippen molar-refractivity contribution in [3.8, 4) is 0 Å². The van der Waals surface area contributed by atoms with Crippen LogP contribution in [0, 0.1) is 0 Å². The molecule has 0 saturated carbocycles. The Morgan fingerprint density at radius 3 is 2.39 bits per heavy atom. The molecule has 0 N–H and O–H groups in total. The highest BCUT2D eigenvalue weighted by Gasteiger charge is 2.38. The maximum absolute atomic E-state index is 13.4. The van der Waals surface area contributed by atoms with E-state index in [4.69, 9.17) is 16.3 Å². The number of amides is 1. The summed E-state index contributed by atoms with van der Waals surface area (Å²) in [6.07, 6.45) is -5.10. The van der Waals surface area contributed by atoms with Gasteiger partial charge in [-0.3, -0.25) is 0 Å². The second-order valence-corrected chi connectivity index (χ2v) is 9.68. The molecule has 1 aliphatic rings. The molecule has 1 amide bonds. The second-order valence-electron chi connectivity index (χ2n) is 8.48. The molecule has 1 aliphatic heterocycles. The molecule has 0 spiro atoms. The van der Waals surface area contributed by atoms with Gasteiger partial charge in [0.15, 0.2) is 11.5 Å². The van der Waals surface area contributed by atoms with Gasteiger partial charge in [-0.2, -0.15) is 18.2 Å². The smallest absolute Gasteiger partial charge is 0.434 e. The highest BCUT2D eigenvalue weighted by atomic mass is 79.9. The largest absolute Gasteiger partial charge is 0.444 e. The number of aromatic nitrogens is 3. The fraction of sp³-hybridized carbons (Fsp3) is 0.579. The topological polar surface area (TPSA) is 71.5 Å². The maximum Gasteiger partial charge on any atom is 0.434 e. The van der Waals surface area contributed by atoms with E-state index < -0.39 is 23.6 Å². The molecule has 7 nitrogen and oxygen atoms in total. The molecule has 0 aromatic carbocycles. The number of piperazine rings is 1. The summed E-state index contributed by atoms with van der Waals surface area (Å²) in [4.78, 5) is 28.0. The normalized spacial score (nSPS) is 20.3. The van der Waals surface area contributed by atoms with Crippen molar-refractivity contribution in [2.24, 2.45) is 0 Å². The van der Waals surface area contributed by atoms with Crippen LogP contribution < -0.4 is 4.90 Å². The third-order valence-corrected chi connectivity index (χ3v) is 5.51. The number of hydrogen-bond donors (Lipinski definition) is 0. The minimum absolute atomic E-state index is 0.00954. The first kappa shape index (κ1) is 23.8. The Bertz CT molecular complexity index is 1010. The summed E-state index contributed by atoms with van der Waals surface area (Å²) in [5.41, 5.74) is -1.53. The van der Waals surface area contributed by atoms with Crippen molar-refractivity contribution in [1.82, 2.24) is 19.9 Å². The zero-order chi connectivity index (χ0) is 23.3. The lowest BCUT2D eigenvalue weighted by Gasteiger charge is -2.44. The number of fused-ring (bicyclic) bond motifs is 1. The van der Waals surface area contributed by atoms with Gasteiger partial charge in [-0.05, 0) is 68.2 Å². The molecule has 2 aromatic heterocycles. The molecule has 0 radical (unpaired) electrons. The summed E-state index contributed by atoms with van der Waals surface area (Å²) in [6, 6.07) is 0.665. The Morgan fingerprint density at radius 2 is 1.81 bits per heavy atom. The highest BCUT2D eigenvalue weighted by molar-refractivity contribution is 9.10. The third kappa shape index (κ3) is 5.14. The number of halogens is 5. The van der Waals surface area contributed by atoms with E-state index in [1.54, 1.807) is 30.6 Å². The molecular formula is C19H22BrClF3N5O2. The number of carbonyl (C=O) groups is 1. The molecule has 2 aromatic rings. The van der Waals surface area contributed by atoms with Crippen LogP contribution in [-0.2, 0) is 10.9 Å². The van der Waals surface area contributed by atoms with E-state index in [1.165, 1.54) is 6.07 Å². The van der Waals surface area contributed by atoms with Crippen LogP contribution in [0.2, 0.25) is 5.28 Å². The van der Waals surface area contributed by atoms with Crippen LogP contribution in [0.4, 0.5) is 23.8 Å². The standard InChI is InChI=1S/C19H22BrClF3N5O2/c1-9-8-29(17(30)31-18(3,4)5)10(2)7-28(9)15-13-12(25-16(21)27-15)6-11(20)14(26-13)19(22,23)24/h6,9-10H,7-8H2,1-5H3/t9-,10+/m0/s1. The zero-order valence-corrected chi connectivity index (χ0v) is 19.9. The SMILES string of the molecule is C[C@@H]1CN(c2nc(Cl)nc3cc(Br)c(C(F)(F)F)nc23)[C@@H](C)CN1C(=O)OC(C)(C)C. The summed E-state index contributed by atoms with van der Waals surface area (Å²) in [7, 11) is 0. The lowest BCUT2D eigenvalue weighted by atomic mass is 10.1. The van der Waals surface area contributed by atoms with Crippen LogP contribution in [0.15, 0.2) is 10.5 Å². The predicted molar refractivity (Wildman–Crippen MR) is 114 cm³/mol. The first-order valence-corrected chi connectivity index (χ1v) is 10.7. The summed E-state index contributed by atoms with van der Waals surface area (Å²) in [5, 5.41) is -0.106. The van der Waals surface area contributed by atoms with E-state index in [1.807, 2.05) is 13.8 Å². The molecule has 0 unspecified atom stereocenters. The molecule has 170 valence electrons.